The number of aromatic nitrogens is 1. The minimum absolute atomic E-state index is 0.309. The average Bonchev–Trinajstić information content (AvgIpc) is 2.95. The van der Waals surface area contributed by atoms with Gasteiger partial charge in [0.15, 0.2) is 0 Å². The molecule has 0 unspecified atom stereocenters. The van der Waals surface area contributed by atoms with E-state index >= 15 is 0 Å². The number of nitrogens with zero attached hydrogens (tertiary/aromatic N) is 2. The van der Waals surface area contributed by atoms with Gasteiger partial charge in [-0.05, 0) is 75.4 Å². The van der Waals surface area contributed by atoms with E-state index in [9.17, 15) is 9.59 Å². The fraction of sp³-hybridized carbons (Fsp3) is 0.263. The molecule has 1 fully saturated rings. The van der Waals surface area contributed by atoms with Gasteiger partial charge in [-0.1, -0.05) is 17.7 Å². The molecule has 0 radical (unpaired) electrons. The summed E-state index contributed by atoms with van der Waals surface area (Å²) >= 11 is 6.94. The minimum Gasteiger partial charge on any atom is -0.346 e. The Kier molecular flexibility index (Phi) is 4.80. The number of hydrogen-bond donors (Lipinski definition) is 0. The lowest BCUT2D eigenvalue weighted by Gasteiger charge is -2.13. The van der Waals surface area contributed by atoms with Crippen LogP contribution in [-0.4, -0.2) is 15.7 Å². The number of carbonyl (C=O) groups excluding carboxylic acids is 2. The third kappa shape index (κ3) is 3.26. The molecule has 0 N–H and O–H groups in total. The summed E-state index contributed by atoms with van der Waals surface area (Å²) in [7, 11) is 0. The summed E-state index contributed by atoms with van der Waals surface area (Å²) in [6, 6.07) is 9.13. The first-order valence-corrected chi connectivity index (χ1v) is 9.21. The van der Waals surface area contributed by atoms with Gasteiger partial charge in [0.2, 0.25) is 0 Å². The number of anilines is 1. The van der Waals surface area contributed by atoms with E-state index in [0.717, 1.165) is 28.7 Å². The van der Waals surface area contributed by atoms with Crippen molar-refractivity contribution in [1.29, 1.82) is 0 Å². The summed E-state index contributed by atoms with van der Waals surface area (Å²) in [5.41, 5.74) is 3.67. The topological polar surface area (TPSA) is 42.3 Å². The lowest BCUT2D eigenvalue weighted by molar-refractivity contribution is -0.113. The summed E-state index contributed by atoms with van der Waals surface area (Å²) in [6.07, 6.45) is 1.80. The van der Waals surface area contributed by atoms with Crippen molar-refractivity contribution in [2.75, 3.05) is 4.90 Å². The minimum atomic E-state index is -0.313. The highest BCUT2D eigenvalue weighted by Gasteiger charge is 2.36. The Morgan fingerprint density at radius 2 is 1.88 bits per heavy atom. The van der Waals surface area contributed by atoms with E-state index in [2.05, 4.69) is 18.4 Å². The lowest BCUT2D eigenvalue weighted by atomic mass is 10.2. The van der Waals surface area contributed by atoms with Crippen LogP contribution in [0.3, 0.4) is 0 Å². The molecule has 4 nitrogen and oxygen atoms in total. The molecule has 2 heterocycles. The fourth-order valence-electron chi connectivity index (χ4n) is 3.19. The molecule has 130 valence electrons. The number of rotatable bonds is 3. The van der Waals surface area contributed by atoms with Gasteiger partial charge in [-0.2, -0.15) is 0 Å². The van der Waals surface area contributed by atoms with E-state index in [4.69, 9.17) is 11.6 Å². The number of aryl methyl sites for hydroxylation is 1. The molecule has 1 saturated heterocycles. The van der Waals surface area contributed by atoms with Gasteiger partial charge in [0.1, 0.15) is 0 Å². The van der Waals surface area contributed by atoms with Crippen LogP contribution in [0.1, 0.15) is 36.8 Å². The van der Waals surface area contributed by atoms with Crippen LogP contribution in [0.5, 0.6) is 0 Å². The predicted molar refractivity (Wildman–Crippen MR) is 104 cm³/mol. The molecule has 6 heteroatoms. The summed E-state index contributed by atoms with van der Waals surface area (Å²) in [5.74, 6) is -0.313. The van der Waals surface area contributed by atoms with Crippen molar-refractivity contribution in [2.24, 2.45) is 0 Å². The first-order chi connectivity index (χ1) is 11.8. The van der Waals surface area contributed by atoms with Gasteiger partial charge in [-0.25, -0.2) is 4.90 Å². The molecule has 2 aromatic rings. The lowest BCUT2D eigenvalue weighted by Crippen LogP contribution is -2.27. The molecule has 1 aliphatic heterocycles. The van der Waals surface area contributed by atoms with Crippen molar-refractivity contribution in [2.45, 2.75) is 33.7 Å². The molecular weight excluding hydrogens is 356 g/mol. The van der Waals surface area contributed by atoms with Crippen molar-refractivity contribution >= 4 is 46.3 Å². The summed E-state index contributed by atoms with van der Waals surface area (Å²) < 4.78 is 2.22. The van der Waals surface area contributed by atoms with E-state index in [1.165, 1.54) is 4.90 Å². The zero-order valence-electron chi connectivity index (χ0n) is 14.5. The molecule has 0 atom stereocenters. The van der Waals surface area contributed by atoms with Gasteiger partial charge >= 0.3 is 0 Å². The van der Waals surface area contributed by atoms with Crippen LogP contribution >= 0.6 is 23.4 Å². The van der Waals surface area contributed by atoms with Crippen molar-refractivity contribution in [3.05, 3.63) is 57.2 Å². The molecule has 25 heavy (non-hydrogen) atoms. The first kappa shape index (κ1) is 17.8. The van der Waals surface area contributed by atoms with E-state index in [1.807, 2.05) is 19.9 Å². The van der Waals surface area contributed by atoms with Crippen LogP contribution in [0, 0.1) is 13.8 Å². The highest BCUT2D eigenvalue weighted by molar-refractivity contribution is 8.19. The van der Waals surface area contributed by atoms with E-state index < -0.39 is 0 Å². The number of amides is 2. The Morgan fingerprint density at radius 3 is 2.48 bits per heavy atom. The molecule has 3 rings (SSSR count). The Balaban J connectivity index is 1.98. The van der Waals surface area contributed by atoms with Crippen molar-refractivity contribution in [3.63, 3.8) is 0 Å². The third-order valence-corrected chi connectivity index (χ3v) is 5.29. The monoisotopic (exact) mass is 374 g/mol. The molecular formula is C19H19ClN2O2S. The van der Waals surface area contributed by atoms with Crippen LogP contribution < -0.4 is 4.90 Å². The SMILES string of the molecule is Cc1cc(/C=C2/SC(=O)N(c3cccc(Cl)c3)C2=O)c(C)n1C(C)C. The van der Waals surface area contributed by atoms with Gasteiger partial charge in [0.05, 0.1) is 10.6 Å². The molecule has 1 aromatic heterocycles. The number of thioether (sulfide) groups is 1. The van der Waals surface area contributed by atoms with Crippen LogP contribution in [0.15, 0.2) is 35.2 Å². The van der Waals surface area contributed by atoms with Gasteiger partial charge in [-0.15, -0.1) is 0 Å². The molecule has 2 amide bonds. The zero-order chi connectivity index (χ0) is 18.3. The average molecular weight is 375 g/mol. The van der Waals surface area contributed by atoms with Crippen LogP contribution in [0.25, 0.3) is 6.08 Å². The quantitative estimate of drug-likeness (QED) is 0.658. The second-order valence-electron chi connectivity index (χ2n) is 6.29. The maximum absolute atomic E-state index is 12.7. The highest BCUT2D eigenvalue weighted by atomic mass is 35.5. The fourth-order valence-corrected chi connectivity index (χ4v) is 4.21. The molecule has 1 aromatic carbocycles. The van der Waals surface area contributed by atoms with Gasteiger partial charge < -0.3 is 4.57 Å². The Bertz CT molecular complexity index is 899. The highest BCUT2D eigenvalue weighted by Crippen LogP contribution is 2.37. The standard InChI is InChI=1S/C19H19ClN2O2S/c1-11(2)21-12(3)8-14(13(21)4)9-17-18(23)22(19(24)25-17)16-7-5-6-15(20)10-16/h5-11H,1-4H3/b17-9+. The third-order valence-electron chi connectivity index (χ3n) is 4.19. The van der Waals surface area contributed by atoms with Crippen molar-refractivity contribution in [1.82, 2.24) is 4.57 Å². The maximum atomic E-state index is 12.7. The van der Waals surface area contributed by atoms with E-state index in [0.29, 0.717) is 21.7 Å². The second kappa shape index (κ2) is 6.73. The van der Waals surface area contributed by atoms with E-state index in [-0.39, 0.29) is 11.1 Å². The summed E-state index contributed by atoms with van der Waals surface area (Å²) in [6.45, 7) is 8.32. The Labute approximate surface area is 156 Å². The van der Waals surface area contributed by atoms with Gasteiger partial charge in [-0.3, -0.25) is 9.59 Å². The molecule has 0 aliphatic carbocycles. The van der Waals surface area contributed by atoms with Crippen molar-refractivity contribution < 1.29 is 9.59 Å². The Hall–Kier alpha value is -1.98. The van der Waals surface area contributed by atoms with Crippen LogP contribution in [0.2, 0.25) is 5.02 Å². The zero-order valence-corrected chi connectivity index (χ0v) is 16.1. The van der Waals surface area contributed by atoms with Gasteiger partial charge in [0, 0.05) is 22.5 Å². The molecule has 0 bridgehead atoms. The normalized spacial score (nSPS) is 16.6. The Morgan fingerprint density at radius 1 is 1.16 bits per heavy atom. The molecule has 0 spiro atoms. The molecule has 1 aliphatic rings. The number of benzene rings is 1. The van der Waals surface area contributed by atoms with Crippen LogP contribution in [-0.2, 0) is 4.79 Å². The van der Waals surface area contributed by atoms with Crippen molar-refractivity contribution in [3.8, 4) is 0 Å². The van der Waals surface area contributed by atoms with Crippen LogP contribution in [0.4, 0.5) is 10.5 Å². The number of hydrogen-bond acceptors (Lipinski definition) is 3. The maximum Gasteiger partial charge on any atom is 0.298 e. The van der Waals surface area contributed by atoms with Gasteiger partial charge in [0.25, 0.3) is 11.1 Å². The number of carbonyl (C=O) groups is 2. The molecule has 0 saturated carbocycles. The number of halogens is 1. The first-order valence-electron chi connectivity index (χ1n) is 8.01. The predicted octanol–water partition coefficient (Wildman–Crippen LogP) is 5.58. The second-order valence-corrected chi connectivity index (χ2v) is 7.72. The summed E-state index contributed by atoms with van der Waals surface area (Å²) in [4.78, 5) is 26.7. The smallest absolute Gasteiger partial charge is 0.298 e. The largest absolute Gasteiger partial charge is 0.346 e. The number of imide groups is 1. The van der Waals surface area contributed by atoms with E-state index in [1.54, 1.807) is 30.3 Å². The summed E-state index contributed by atoms with van der Waals surface area (Å²) in [5, 5.41) is 0.178.